The molecule has 0 spiro atoms. The average Bonchev–Trinajstić information content (AvgIpc) is 2.73. The average molecular weight is 241 g/mol. The number of nitrogens with zero attached hydrogens (tertiary/aromatic N) is 3. The Morgan fingerprint density at radius 1 is 1.59 bits per heavy atom. The molecule has 1 heterocycles. The second-order valence-corrected chi connectivity index (χ2v) is 4.63. The lowest BCUT2D eigenvalue weighted by Crippen LogP contribution is -2.52. The molecule has 1 atom stereocenters. The number of aromatic nitrogens is 3. The number of ether oxygens (including phenoxy) is 1. The van der Waals surface area contributed by atoms with Crippen LogP contribution in [-0.4, -0.2) is 33.5 Å². The van der Waals surface area contributed by atoms with E-state index in [9.17, 15) is 0 Å². The summed E-state index contributed by atoms with van der Waals surface area (Å²) >= 11 is 0. The first-order chi connectivity index (χ1) is 8.05. The number of hydrazine groups is 1. The summed E-state index contributed by atoms with van der Waals surface area (Å²) in [7, 11) is 1.68. The number of nitrogens with two attached hydrogens (primary N) is 1. The van der Waals surface area contributed by atoms with Crippen LogP contribution in [0.25, 0.3) is 0 Å². The first-order valence-electron chi connectivity index (χ1n) is 5.93. The predicted molar refractivity (Wildman–Crippen MR) is 66.2 cm³/mol. The van der Waals surface area contributed by atoms with Crippen molar-refractivity contribution in [2.45, 2.75) is 51.8 Å². The first kappa shape index (κ1) is 14.1. The van der Waals surface area contributed by atoms with E-state index in [2.05, 4.69) is 22.4 Å². The summed E-state index contributed by atoms with van der Waals surface area (Å²) in [5, 5.41) is 4.20. The molecule has 6 nitrogen and oxygen atoms in total. The van der Waals surface area contributed by atoms with Gasteiger partial charge in [-0.05, 0) is 20.3 Å². The van der Waals surface area contributed by atoms with Crippen LogP contribution in [0.5, 0.6) is 0 Å². The van der Waals surface area contributed by atoms with E-state index in [4.69, 9.17) is 10.6 Å². The van der Waals surface area contributed by atoms with Crippen LogP contribution in [0, 0.1) is 0 Å². The van der Waals surface area contributed by atoms with Crippen LogP contribution in [0.1, 0.15) is 33.0 Å². The van der Waals surface area contributed by atoms with Crippen molar-refractivity contribution < 1.29 is 4.74 Å². The van der Waals surface area contributed by atoms with Crippen LogP contribution in [0.2, 0.25) is 0 Å². The molecule has 0 aliphatic heterocycles. The zero-order valence-corrected chi connectivity index (χ0v) is 11.1. The van der Waals surface area contributed by atoms with Gasteiger partial charge in [0.25, 0.3) is 0 Å². The third-order valence-electron chi connectivity index (χ3n) is 3.08. The number of aryl methyl sites for hydroxylation is 1. The summed E-state index contributed by atoms with van der Waals surface area (Å²) in [6.45, 7) is 6.99. The third-order valence-corrected chi connectivity index (χ3v) is 3.08. The number of methoxy groups -OCH3 is 1. The fourth-order valence-corrected chi connectivity index (χ4v) is 1.68. The Bertz CT molecular complexity index is 336. The summed E-state index contributed by atoms with van der Waals surface area (Å²) in [6, 6.07) is -0.00712. The molecule has 6 heteroatoms. The molecule has 0 saturated heterocycles. The second kappa shape index (κ2) is 6.09. The minimum atomic E-state index is -0.349. The predicted octanol–water partition coefficient (Wildman–Crippen LogP) is 0.488. The van der Waals surface area contributed by atoms with Gasteiger partial charge in [0.1, 0.15) is 12.2 Å². The summed E-state index contributed by atoms with van der Waals surface area (Å²) in [5.41, 5.74) is 2.45. The second-order valence-electron chi connectivity index (χ2n) is 4.63. The van der Waals surface area contributed by atoms with Gasteiger partial charge in [-0.2, -0.15) is 5.10 Å². The Kier molecular flexibility index (Phi) is 5.04. The molecular formula is C11H23N5O. The van der Waals surface area contributed by atoms with Gasteiger partial charge in [0.2, 0.25) is 0 Å². The van der Waals surface area contributed by atoms with Gasteiger partial charge in [-0.3, -0.25) is 16.0 Å². The molecule has 0 aliphatic rings. The van der Waals surface area contributed by atoms with Gasteiger partial charge in [-0.1, -0.05) is 6.92 Å². The van der Waals surface area contributed by atoms with E-state index >= 15 is 0 Å². The maximum atomic E-state index is 5.59. The van der Waals surface area contributed by atoms with Gasteiger partial charge < -0.3 is 4.74 Å². The molecule has 1 aromatic rings. The fraction of sp³-hybridized carbons (Fsp3) is 0.818. The van der Waals surface area contributed by atoms with E-state index in [-0.39, 0.29) is 11.6 Å². The summed E-state index contributed by atoms with van der Waals surface area (Å²) < 4.78 is 7.35. The molecule has 1 rings (SSSR count). The Balaban J connectivity index is 2.77. The van der Waals surface area contributed by atoms with E-state index in [1.54, 1.807) is 13.4 Å². The van der Waals surface area contributed by atoms with Crippen molar-refractivity contribution in [2.24, 2.45) is 5.84 Å². The van der Waals surface area contributed by atoms with Crippen LogP contribution in [0.3, 0.4) is 0 Å². The minimum Gasteiger partial charge on any atom is -0.377 e. The smallest absolute Gasteiger partial charge is 0.138 e. The molecule has 98 valence electrons. The van der Waals surface area contributed by atoms with E-state index < -0.39 is 0 Å². The largest absolute Gasteiger partial charge is 0.377 e. The van der Waals surface area contributed by atoms with Crippen molar-refractivity contribution in [3.05, 3.63) is 12.2 Å². The number of rotatable bonds is 7. The molecule has 0 radical (unpaired) electrons. The SMILES string of the molecule is CCCn1ncnc1CC(NN)C(C)(C)OC. The maximum absolute atomic E-state index is 5.59. The number of hydrogen-bond acceptors (Lipinski definition) is 5. The van der Waals surface area contributed by atoms with Gasteiger partial charge >= 0.3 is 0 Å². The van der Waals surface area contributed by atoms with Crippen molar-refractivity contribution in [1.82, 2.24) is 20.2 Å². The van der Waals surface area contributed by atoms with Gasteiger partial charge in [0.15, 0.2) is 0 Å². The van der Waals surface area contributed by atoms with Crippen molar-refractivity contribution >= 4 is 0 Å². The van der Waals surface area contributed by atoms with Crippen LogP contribution >= 0.6 is 0 Å². The summed E-state index contributed by atoms with van der Waals surface area (Å²) in [5.74, 6) is 6.52. The van der Waals surface area contributed by atoms with Crippen LogP contribution in [0.4, 0.5) is 0 Å². The number of hydrogen-bond donors (Lipinski definition) is 2. The highest BCUT2D eigenvalue weighted by Gasteiger charge is 2.29. The van der Waals surface area contributed by atoms with Crippen molar-refractivity contribution in [3.8, 4) is 0 Å². The maximum Gasteiger partial charge on any atom is 0.138 e. The molecule has 0 saturated carbocycles. The topological polar surface area (TPSA) is 78.0 Å². The molecular weight excluding hydrogens is 218 g/mol. The Hall–Kier alpha value is -0.980. The third kappa shape index (κ3) is 3.49. The van der Waals surface area contributed by atoms with E-state index in [0.29, 0.717) is 6.42 Å². The molecule has 1 aromatic heterocycles. The number of nitrogens with one attached hydrogen (secondary N) is 1. The molecule has 0 aromatic carbocycles. The summed E-state index contributed by atoms with van der Waals surface area (Å²) in [4.78, 5) is 4.27. The zero-order valence-electron chi connectivity index (χ0n) is 11.1. The highest BCUT2D eigenvalue weighted by atomic mass is 16.5. The lowest BCUT2D eigenvalue weighted by atomic mass is 9.96. The van der Waals surface area contributed by atoms with Crippen LogP contribution < -0.4 is 11.3 Å². The molecule has 0 fully saturated rings. The molecule has 1 unspecified atom stereocenters. The quantitative estimate of drug-likeness (QED) is 0.536. The molecule has 3 N–H and O–H groups in total. The monoisotopic (exact) mass is 241 g/mol. The van der Waals surface area contributed by atoms with Crippen molar-refractivity contribution in [3.63, 3.8) is 0 Å². The Morgan fingerprint density at radius 3 is 2.82 bits per heavy atom. The van der Waals surface area contributed by atoms with Gasteiger partial charge in [-0.25, -0.2) is 4.98 Å². The lowest BCUT2D eigenvalue weighted by molar-refractivity contribution is -0.0108. The van der Waals surface area contributed by atoms with Crippen LogP contribution in [0.15, 0.2) is 6.33 Å². The molecule has 0 amide bonds. The molecule has 0 bridgehead atoms. The first-order valence-corrected chi connectivity index (χ1v) is 5.93. The highest BCUT2D eigenvalue weighted by molar-refractivity contribution is 4.95. The van der Waals surface area contributed by atoms with Crippen molar-refractivity contribution in [2.75, 3.05) is 7.11 Å². The fourth-order valence-electron chi connectivity index (χ4n) is 1.68. The van der Waals surface area contributed by atoms with Gasteiger partial charge in [0.05, 0.1) is 11.6 Å². The highest BCUT2D eigenvalue weighted by Crippen LogP contribution is 2.16. The Labute approximate surface area is 103 Å². The molecule has 0 aliphatic carbocycles. The summed E-state index contributed by atoms with van der Waals surface area (Å²) in [6.07, 6.45) is 3.31. The normalized spacial score (nSPS) is 13.9. The Morgan fingerprint density at radius 2 is 2.29 bits per heavy atom. The van der Waals surface area contributed by atoms with E-state index in [0.717, 1.165) is 18.8 Å². The lowest BCUT2D eigenvalue weighted by Gasteiger charge is -2.32. The molecule has 17 heavy (non-hydrogen) atoms. The van der Waals surface area contributed by atoms with Crippen LogP contribution in [-0.2, 0) is 17.7 Å². The minimum absolute atomic E-state index is 0.00712. The standard InChI is InChI=1S/C11H23N5O/c1-5-6-16-10(13-8-14-16)7-9(15-12)11(2,3)17-4/h8-9,15H,5-7,12H2,1-4H3. The van der Waals surface area contributed by atoms with Gasteiger partial charge in [0, 0.05) is 20.1 Å². The van der Waals surface area contributed by atoms with E-state index in [1.807, 2.05) is 18.5 Å². The van der Waals surface area contributed by atoms with E-state index in [1.165, 1.54) is 0 Å². The zero-order chi connectivity index (χ0) is 12.9. The van der Waals surface area contributed by atoms with Gasteiger partial charge in [-0.15, -0.1) is 0 Å². The van der Waals surface area contributed by atoms with Crippen molar-refractivity contribution in [1.29, 1.82) is 0 Å².